The molecule has 0 saturated heterocycles. The van der Waals surface area contributed by atoms with Crippen LogP contribution < -0.4 is 0 Å². The van der Waals surface area contributed by atoms with Crippen molar-refractivity contribution < 1.29 is 9.53 Å². The van der Waals surface area contributed by atoms with E-state index in [0.29, 0.717) is 6.61 Å². The molecule has 0 N–H and O–H groups in total. The number of rotatable bonds is 11. The molecule has 0 atom stereocenters. The Kier molecular flexibility index (Phi) is 13.2. The maximum atomic E-state index is 10.5. The highest BCUT2D eigenvalue weighted by atomic mass is 16.5. The zero-order chi connectivity index (χ0) is 13.5. The van der Waals surface area contributed by atoms with Gasteiger partial charge >= 0.3 is 5.97 Å². The van der Waals surface area contributed by atoms with E-state index in [2.05, 4.69) is 31.2 Å². The van der Waals surface area contributed by atoms with Crippen molar-refractivity contribution in [3.8, 4) is 0 Å². The molecule has 0 spiro atoms. The van der Waals surface area contributed by atoms with Crippen LogP contribution in [0.25, 0.3) is 0 Å². The molecule has 0 saturated carbocycles. The van der Waals surface area contributed by atoms with Crippen LogP contribution >= 0.6 is 0 Å². The van der Waals surface area contributed by atoms with Gasteiger partial charge in [-0.3, -0.25) is 4.79 Å². The summed E-state index contributed by atoms with van der Waals surface area (Å²) in [5.41, 5.74) is 0. The Labute approximate surface area is 112 Å². The summed E-state index contributed by atoms with van der Waals surface area (Å²) in [6.45, 7) is 4.20. The molecule has 0 aromatic carbocycles. The first-order valence-corrected chi connectivity index (χ1v) is 7.20. The predicted molar refractivity (Wildman–Crippen MR) is 77.5 cm³/mol. The van der Waals surface area contributed by atoms with Crippen molar-refractivity contribution in [2.75, 3.05) is 6.61 Å². The molecule has 0 unspecified atom stereocenters. The molecule has 0 heterocycles. The normalized spacial score (nSPS) is 11.4. The lowest BCUT2D eigenvalue weighted by Gasteiger charge is -2.01. The van der Waals surface area contributed by atoms with E-state index in [4.69, 9.17) is 4.74 Å². The Morgan fingerprint density at radius 1 is 0.944 bits per heavy atom. The monoisotopic (exact) mass is 252 g/mol. The minimum atomic E-state index is -0.169. The van der Waals surface area contributed by atoms with Gasteiger partial charge in [-0.25, -0.2) is 0 Å². The molecule has 0 aromatic rings. The highest BCUT2D eigenvalue weighted by Crippen LogP contribution is 2.06. The van der Waals surface area contributed by atoms with Gasteiger partial charge in [0, 0.05) is 6.92 Å². The number of carbonyl (C=O) groups is 1. The number of allylic oxidation sites excluding steroid dienone is 4. The van der Waals surface area contributed by atoms with Crippen LogP contribution in [0.2, 0.25) is 0 Å². The number of unbranched alkanes of at least 4 members (excludes halogenated alkanes) is 5. The molecule has 0 aromatic heterocycles. The summed E-state index contributed by atoms with van der Waals surface area (Å²) in [5.74, 6) is -0.169. The Morgan fingerprint density at radius 2 is 1.61 bits per heavy atom. The number of hydrogen-bond acceptors (Lipinski definition) is 2. The van der Waals surface area contributed by atoms with Gasteiger partial charge in [0.25, 0.3) is 0 Å². The van der Waals surface area contributed by atoms with E-state index < -0.39 is 0 Å². The fraction of sp³-hybridized carbons (Fsp3) is 0.688. The first-order valence-electron chi connectivity index (χ1n) is 7.20. The van der Waals surface area contributed by atoms with Gasteiger partial charge in [0.05, 0.1) is 6.61 Å². The second-order valence-electron chi connectivity index (χ2n) is 4.48. The molecule has 0 fully saturated rings. The van der Waals surface area contributed by atoms with Gasteiger partial charge < -0.3 is 4.74 Å². The summed E-state index contributed by atoms with van der Waals surface area (Å²) in [4.78, 5) is 10.5. The molecule has 0 bridgehead atoms. The Hall–Kier alpha value is -1.05. The Balaban J connectivity index is 3.11. The van der Waals surface area contributed by atoms with Crippen molar-refractivity contribution in [3.05, 3.63) is 24.3 Å². The van der Waals surface area contributed by atoms with Gasteiger partial charge in [0.2, 0.25) is 0 Å². The number of carbonyl (C=O) groups excluding carboxylic acids is 1. The molecule has 104 valence electrons. The van der Waals surface area contributed by atoms with E-state index in [9.17, 15) is 4.79 Å². The standard InChI is InChI=1S/C16H28O2/c1-3-4-5-6-7-8-9-10-11-12-13-14-15-18-16(2)17/h4-5,7-8H,3,6,9-15H2,1-2H3/b5-4+,8-7-. The first kappa shape index (κ1) is 16.9. The van der Waals surface area contributed by atoms with Gasteiger partial charge in [-0.15, -0.1) is 0 Å². The lowest BCUT2D eigenvalue weighted by molar-refractivity contribution is -0.141. The summed E-state index contributed by atoms with van der Waals surface area (Å²) in [7, 11) is 0. The Morgan fingerprint density at radius 3 is 2.33 bits per heavy atom. The third-order valence-electron chi connectivity index (χ3n) is 2.66. The maximum absolute atomic E-state index is 10.5. The van der Waals surface area contributed by atoms with Crippen LogP contribution in [0.3, 0.4) is 0 Å². The molecule has 0 rings (SSSR count). The van der Waals surface area contributed by atoms with Gasteiger partial charge in [-0.1, -0.05) is 50.5 Å². The highest BCUT2D eigenvalue weighted by Gasteiger charge is 1.93. The molecular weight excluding hydrogens is 224 g/mol. The predicted octanol–water partition coefficient (Wildman–Crippen LogP) is 4.80. The summed E-state index contributed by atoms with van der Waals surface area (Å²) in [6.07, 6.45) is 18.3. The van der Waals surface area contributed by atoms with Crippen molar-refractivity contribution in [3.63, 3.8) is 0 Å². The van der Waals surface area contributed by atoms with Crippen molar-refractivity contribution in [1.82, 2.24) is 0 Å². The quantitative estimate of drug-likeness (QED) is 0.300. The van der Waals surface area contributed by atoms with Crippen molar-refractivity contribution >= 4 is 5.97 Å². The topological polar surface area (TPSA) is 26.3 Å². The van der Waals surface area contributed by atoms with Gasteiger partial charge in [-0.05, 0) is 32.1 Å². The van der Waals surface area contributed by atoms with E-state index in [1.807, 2.05) is 0 Å². The van der Waals surface area contributed by atoms with Crippen LogP contribution in [0.1, 0.15) is 65.2 Å². The fourth-order valence-corrected chi connectivity index (χ4v) is 1.67. The average molecular weight is 252 g/mol. The van der Waals surface area contributed by atoms with Crippen LogP contribution in [0.4, 0.5) is 0 Å². The lowest BCUT2D eigenvalue weighted by Crippen LogP contribution is -1.99. The van der Waals surface area contributed by atoms with Crippen molar-refractivity contribution in [2.45, 2.75) is 65.2 Å². The van der Waals surface area contributed by atoms with Crippen LogP contribution in [-0.2, 0) is 9.53 Å². The smallest absolute Gasteiger partial charge is 0.302 e. The summed E-state index contributed by atoms with van der Waals surface area (Å²) < 4.78 is 4.88. The molecule has 0 aliphatic rings. The summed E-state index contributed by atoms with van der Waals surface area (Å²) in [5, 5.41) is 0. The van der Waals surface area contributed by atoms with Crippen LogP contribution in [-0.4, -0.2) is 12.6 Å². The Bertz CT molecular complexity index is 241. The number of hydrogen-bond donors (Lipinski definition) is 0. The second-order valence-corrected chi connectivity index (χ2v) is 4.48. The summed E-state index contributed by atoms with van der Waals surface area (Å²) in [6, 6.07) is 0. The molecule has 0 radical (unpaired) electrons. The van der Waals surface area contributed by atoms with E-state index in [0.717, 1.165) is 25.7 Å². The van der Waals surface area contributed by atoms with Gasteiger partial charge in [0.1, 0.15) is 0 Å². The van der Waals surface area contributed by atoms with Crippen molar-refractivity contribution in [1.29, 1.82) is 0 Å². The number of esters is 1. The van der Waals surface area contributed by atoms with Crippen LogP contribution in [0.5, 0.6) is 0 Å². The SMILES string of the molecule is CC/C=C/C/C=C\CCCCCCCOC(C)=O. The summed E-state index contributed by atoms with van der Waals surface area (Å²) >= 11 is 0. The van der Waals surface area contributed by atoms with E-state index >= 15 is 0 Å². The molecule has 18 heavy (non-hydrogen) atoms. The molecule has 0 amide bonds. The van der Waals surface area contributed by atoms with Crippen molar-refractivity contribution in [2.24, 2.45) is 0 Å². The molecular formula is C16H28O2. The highest BCUT2D eigenvalue weighted by molar-refractivity contribution is 5.65. The largest absolute Gasteiger partial charge is 0.466 e. The zero-order valence-electron chi connectivity index (χ0n) is 12.0. The fourth-order valence-electron chi connectivity index (χ4n) is 1.67. The zero-order valence-corrected chi connectivity index (χ0v) is 12.0. The van der Waals surface area contributed by atoms with Gasteiger partial charge in [-0.2, -0.15) is 0 Å². The van der Waals surface area contributed by atoms with E-state index in [1.165, 1.54) is 32.6 Å². The lowest BCUT2D eigenvalue weighted by atomic mass is 10.1. The minimum absolute atomic E-state index is 0.169. The maximum Gasteiger partial charge on any atom is 0.302 e. The second kappa shape index (κ2) is 14.0. The van der Waals surface area contributed by atoms with E-state index in [-0.39, 0.29) is 5.97 Å². The average Bonchev–Trinajstić information content (AvgIpc) is 2.34. The molecule has 0 aliphatic carbocycles. The molecule has 2 nitrogen and oxygen atoms in total. The molecule has 2 heteroatoms. The van der Waals surface area contributed by atoms with E-state index in [1.54, 1.807) is 0 Å². The minimum Gasteiger partial charge on any atom is -0.466 e. The third kappa shape index (κ3) is 14.9. The van der Waals surface area contributed by atoms with Gasteiger partial charge in [0.15, 0.2) is 0 Å². The van der Waals surface area contributed by atoms with Crippen LogP contribution in [0, 0.1) is 0 Å². The van der Waals surface area contributed by atoms with Crippen LogP contribution in [0.15, 0.2) is 24.3 Å². The number of ether oxygens (including phenoxy) is 1. The first-order chi connectivity index (χ1) is 8.77. The third-order valence-corrected chi connectivity index (χ3v) is 2.66. The molecule has 0 aliphatic heterocycles.